The predicted molar refractivity (Wildman–Crippen MR) is 108 cm³/mol. The molecule has 0 aliphatic heterocycles. The topological polar surface area (TPSA) is 105 Å². The van der Waals surface area contributed by atoms with Gasteiger partial charge in [0.1, 0.15) is 12.0 Å². The van der Waals surface area contributed by atoms with Gasteiger partial charge in [-0.3, -0.25) is 15.6 Å². The minimum Gasteiger partial charge on any atom is -0.393 e. The van der Waals surface area contributed by atoms with Crippen LogP contribution < -0.4 is 21.9 Å². The maximum atomic E-state index is 12.3. The first kappa shape index (κ1) is 18.2. The fourth-order valence-corrected chi connectivity index (χ4v) is 2.79. The van der Waals surface area contributed by atoms with Gasteiger partial charge in [0.15, 0.2) is 11.6 Å². The number of hydrogen-bond donors (Lipinski definition) is 4. The smallest absolute Gasteiger partial charge is 0.269 e. The summed E-state index contributed by atoms with van der Waals surface area (Å²) in [7, 11) is 0. The Kier molecular flexibility index (Phi) is 5.21. The summed E-state index contributed by atoms with van der Waals surface area (Å²) >= 11 is 0. The summed E-state index contributed by atoms with van der Waals surface area (Å²) in [5.41, 5.74) is 16.5. The Morgan fingerprint density at radius 3 is 2.33 bits per heavy atom. The average molecular weight is 362 g/mol. The molecule has 3 rings (SSSR count). The van der Waals surface area contributed by atoms with Gasteiger partial charge in [-0.05, 0) is 55.7 Å². The van der Waals surface area contributed by atoms with Crippen molar-refractivity contribution in [2.45, 2.75) is 20.8 Å². The largest absolute Gasteiger partial charge is 0.393 e. The average Bonchev–Trinajstić information content (AvgIpc) is 2.62. The van der Waals surface area contributed by atoms with Gasteiger partial charge in [-0.1, -0.05) is 24.3 Å². The van der Waals surface area contributed by atoms with Crippen molar-refractivity contribution in [2.75, 3.05) is 16.5 Å². The first-order chi connectivity index (χ1) is 12.9. The Balaban J connectivity index is 1.75. The molecule has 0 spiro atoms. The highest BCUT2D eigenvalue weighted by atomic mass is 16.2. The van der Waals surface area contributed by atoms with E-state index in [0.717, 1.165) is 22.4 Å². The van der Waals surface area contributed by atoms with Crippen LogP contribution in [0.4, 0.5) is 23.0 Å². The molecule has 5 N–H and O–H groups in total. The van der Waals surface area contributed by atoms with Gasteiger partial charge in [0.05, 0.1) is 0 Å². The quantitative estimate of drug-likeness (QED) is 0.518. The van der Waals surface area contributed by atoms with E-state index in [0.29, 0.717) is 22.9 Å². The SMILES string of the molecule is Cc1cc(C)cc(Nc2ncnc(NNC(=O)c3ccccc3C)c2N)c1. The van der Waals surface area contributed by atoms with Crippen molar-refractivity contribution in [1.29, 1.82) is 0 Å². The number of hydrazine groups is 1. The number of carbonyl (C=O) groups is 1. The van der Waals surface area contributed by atoms with Gasteiger partial charge < -0.3 is 11.1 Å². The summed E-state index contributed by atoms with van der Waals surface area (Å²) in [6.45, 7) is 5.92. The summed E-state index contributed by atoms with van der Waals surface area (Å²) in [5, 5.41) is 3.19. The molecule has 0 aliphatic carbocycles. The number of anilines is 4. The van der Waals surface area contributed by atoms with Crippen molar-refractivity contribution < 1.29 is 4.79 Å². The Hall–Kier alpha value is -3.61. The van der Waals surface area contributed by atoms with Gasteiger partial charge in [0, 0.05) is 11.3 Å². The van der Waals surface area contributed by atoms with E-state index < -0.39 is 0 Å². The highest BCUT2D eigenvalue weighted by molar-refractivity contribution is 5.96. The van der Waals surface area contributed by atoms with Gasteiger partial charge in [0.25, 0.3) is 5.91 Å². The molecule has 0 saturated carbocycles. The molecule has 0 bridgehead atoms. The lowest BCUT2D eigenvalue weighted by molar-refractivity contribution is 0.0962. The first-order valence-corrected chi connectivity index (χ1v) is 8.52. The summed E-state index contributed by atoms with van der Waals surface area (Å²) in [6.07, 6.45) is 1.38. The highest BCUT2D eigenvalue weighted by Crippen LogP contribution is 2.26. The van der Waals surface area contributed by atoms with E-state index in [1.165, 1.54) is 6.33 Å². The van der Waals surface area contributed by atoms with E-state index in [-0.39, 0.29) is 5.91 Å². The second-order valence-corrected chi connectivity index (χ2v) is 6.38. The number of carbonyl (C=O) groups excluding carboxylic acids is 1. The molecule has 2 aromatic carbocycles. The molecule has 0 saturated heterocycles. The van der Waals surface area contributed by atoms with Crippen LogP contribution in [0.3, 0.4) is 0 Å². The zero-order valence-corrected chi connectivity index (χ0v) is 15.5. The third-order valence-electron chi connectivity index (χ3n) is 4.05. The number of rotatable bonds is 5. The number of amides is 1. The molecule has 1 amide bonds. The molecule has 27 heavy (non-hydrogen) atoms. The summed E-state index contributed by atoms with van der Waals surface area (Å²) in [4.78, 5) is 20.6. The van der Waals surface area contributed by atoms with Crippen LogP contribution in [0.25, 0.3) is 0 Å². The minimum atomic E-state index is -0.269. The highest BCUT2D eigenvalue weighted by Gasteiger charge is 2.12. The summed E-state index contributed by atoms with van der Waals surface area (Å²) in [6, 6.07) is 13.4. The summed E-state index contributed by atoms with van der Waals surface area (Å²) < 4.78 is 0. The van der Waals surface area contributed by atoms with Crippen LogP contribution in [0.5, 0.6) is 0 Å². The number of aromatic nitrogens is 2. The second kappa shape index (κ2) is 7.74. The van der Waals surface area contributed by atoms with E-state index in [1.54, 1.807) is 6.07 Å². The van der Waals surface area contributed by atoms with Crippen molar-refractivity contribution >= 4 is 28.9 Å². The Labute approximate surface area is 158 Å². The van der Waals surface area contributed by atoms with Gasteiger partial charge >= 0.3 is 0 Å². The number of nitrogen functional groups attached to an aromatic ring is 1. The fourth-order valence-electron chi connectivity index (χ4n) is 2.79. The van der Waals surface area contributed by atoms with Crippen molar-refractivity contribution in [3.05, 3.63) is 71.0 Å². The molecule has 0 atom stereocenters. The van der Waals surface area contributed by atoms with E-state index in [4.69, 9.17) is 5.73 Å². The normalized spacial score (nSPS) is 10.3. The van der Waals surface area contributed by atoms with Crippen LogP contribution in [0.2, 0.25) is 0 Å². The van der Waals surface area contributed by atoms with Crippen LogP contribution in [-0.2, 0) is 0 Å². The van der Waals surface area contributed by atoms with Crippen LogP contribution in [0.15, 0.2) is 48.8 Å². The lowest BCUT2D eigenvalue weighted by Crippen LogP contribution is -2.30. The molecular formula is C20H22N6O. The molecule has 1 aromatic heterocycles. The van der Waals surface area contributed by atoms with Gasteiger partial charge in [-0.25, -0.2) is 9.97 Å². The van der Waals surface area contributed by atoms with Crippen molar-refractivity contribution in [2.24, 2.45) is 0 Å². The van der Waals surface area contributed by atoms with Crippen molar-refractivity contribution in [3.63, 3.8) is 0 Å². The maximum absolute atomic E-state index is 12.3. The van der Waals surface area contributed by atoms with E-state index in [9.17, 15) is 4.79 Å². The third-order valence-corrected chi connectivity index (χ3v) is 4.05. The van der Waals surface area contributed by atoms with Gasteiger partial charge in [-0.2, -0.15) is 0 Å². The van der Waals surface area contributed by atoms with Crippen LogP contribution in [0.1, 0.15) is 27.0 Å². The zero-order valence-electron chi connectivity index (χ0n) is 15.5. The van der Waals surface area contributed by atoms with Crippen molar-refractivity contribution in [1.82, 2.24) is 15.4 Å². The number of hydrogen-bond acceptors (Lipinski definition) is 6. The number of benzene rings is 2. The number of aryl methyl sites for hydroxylation is 3. The molecule has 1 heterocycles. The number of nitrogens with zero attached hydrogens (tertiary/aromatic N) is 2. The molecule has 3 aromatic rings. The third kappa shape index (κ3) is 4.33. The van der Waals surface area contributed by atoms with Crippen LogP contribution >= 0.6 is 0 Å². The molecule has 7 nitrogen and oxygen atoms in total. The van der Waals surface area contributed by atoms with Crippen LogP contribution in [-0.4, -0.2) is 15.9 Å². The molecule has 0 radical (unpaired) electrons. The molecule has 0 fully saturated rings. The zero-order chi connectivity index (χ0) is 19.4. The minimum absolute atomic E-state index is 0.269. The maximum Gasteiger partial charge on any atom is 0.269 e. The second-order valence-electron chi connectivity index (χ2n) is 6.38. The predicted octanol–water partition coefficient (Wildman–Crippen LogP) is 3.48. The lowest BCUT2D eigenvalue weighted by atomic mass is 10.1. The Bertz CT molecular complexity index is 966. The fraction of sp³-hybridized carbons (Fsp3) is 0.150. The lowest BCUT2D eigenvalue weighted by Gasteiger charge is -2.14. The van der Waals surface area contributed by atoms with E-state index in [2.05, 4.69) is 32.2 Å². The summed E-state index contributed by atoms with van der Waals surface area (Å²) in [5.74, 6) is 0.511. The molecule has 138 valence electrons. The van der Waals surface area contributed by atoms with Gasteiger partial charge in [0.2, 0.25) is 0 Å². The first-order valence-electron chi connectivity index (χ1n) is 8.52. The number of nitrogens with one attached hydrogen (secondary N) is 3. The van der Waals surface area contributed by atoms with E-state index >= 15 is 0 Å². The standard InChI is InChI=1S/C20H22N6O/c1-12-8-13(2)10-15(9-12)24-18-17(21)19(23-11-22-18)25-26-20(27)16-7-5-4-6-14(16)3/h4-11H,21H2,1-3H3,(H,26,27)(H2,22,23,24,25). The molecular weight excluding hydrogens is 340 g/mol. The van der Waals surface area contributed by atoms with E-state index in [1.807, 2.05) is 51.1 Å². The van der Waals surface area contributed by atoms with Crippen molar-refractivity contribution in [3.8, 4) is 0 Å². The monoisotopic (exact) mass is 362 g/mol. The Morgan fingerprint density at radius 2 is 1.63 bits per heavy atom. The van der Waals surface area contributed by atoms with Gasteiger partial charge in [-0.15, -0.1) is 0 Å². The molecule has 0 unspecified atom stereocenters. The molecule has 7 heteroatoms. The Morgan fingerprint density at radius 1 is 0.963 bits per heavy atom. The number of nitrogens with two attached hydrogens (primary N) is 1. The van der Waals surface area contributed by atoms with Crippen LogP contribution in [0, 0.1) is 20.8 Å². The molecule has 0 aliphatic rings.